The van der Waals surface area contributed by atoms with Crippen LogP contribution < -0.4 is 4.90 Å². The SMILES string of the molecule is CSc1ncc(N(C)[C@H]2CC3CCC([C@H]2F)N3B(C)O)nn1. The maximum atomic E-state index is 15.0. The second-order valence-corrected chi connectivity index (χ2v) is 6.81. The Kier molecular flexibility index (Phi) is 4.56. The Bertz CT molecular complexity index is 522. The summed E-state index contributed by atoms with van der Waals surface area (Å²) < 4.78 is 15.0. The average Bonchev–Trinajstić information content (AvgIpc) is 2.88. The van der Waals surface area contributed by atoms with Crippen molar-refractivity contribution in [1.82, 2.24) is 20.0 Å². The molecule has 3 heterocycles. The lowest BCUT2D eigenvalue weighted by molar-refractivity contribution is 0.0962. The summed E-state index contributed by atoms with van der Waals surface area (Å²) in [7, 11) is 1.25. The zero-order valence-corrected chi connectivity index (χ0v) is 13.9. The highest BCUT2D eigenvalue weighted by atomic mass is 32.2. The smallest absolute Gasteiger partial charge is 0.376 e. The topological polar surface area (TPSA) is 65.4 Å². The predicted octanol–water partition coefficient (Wildman–Crippen LogP) is 1.08. The van der Waals surface area contributed by atoms with Crippen LogP contribution in [0.4, 0.5) is 10.2 Å². The van der Waals surface area contributed by atoms with Crippen molar-refractivity contribution in [2.75, 3.05) is 18.2 Å². The van der Waals surface area contributed by atoms with Crippen molar-refractivity contribution in [3.63, 3.8) is 0 Å². The van der Waals surface area contributed by atoms with E-state index in [0.717, 1.165) is 12.8 Å². The van der Waals surface area contributed by atoms with E-state index < -0.39 is 13.2 Å². The van der Waals surface area contributed by atoms with E-state index in [0.29, 0.717) is 17.4 Å². The van der Waals surface area contributed by atoms with E-state index in [2.05, 4.69) is 15.2 Å². The molecule has 22 heavy (non-hydrogen) atoms. The molecule has 0 radical (unpaired) electrons. The van der Waals surface area contributed by atoms with Gasteiger partial charge in [0.25, 0.3) is 0 Å². The number of thioether (sulfide) groups is 1. The number of piperidine rings is 1. The van der Waals surface area contributed by atoms with E-state index in [9.17, 15) is 9.41 Å². The summed E-state index contributed by atoms with van der Waals surface area (Å²) in [5, 5.41) is 18.7. The number of hydrogen-bond acceptors (Lipinski definition) is 7. The Morgan fingerprint density at radius 2 is 2.23 bits per heavy atom. The number of hydrogen-bond donors (Lipinski definition) is 1. The molecular weight excluding hydrogens is 304 g/mol. The van der Waals surface area contributed by atoms with Crippen molar-refractivity contribution in [3.05, 3.63) is 6.20 Å². The number of halogens is 1. The van der Waals surface area contributed by atoms with Crippen LogP contribution >= 0.6 is 11.8 Å². The summed E-state index contributed by atoms with van der Waals surface area (Å²) in [6, 6.07) is -0.225. The van der Waals surface area contributed by atoms with E-state index in [1.54, 1.807) is 13.0 Å². The number of rotatable bonds is 4. The second-order valence-electron chi connectivity index (χ2n) is 6.04. The molecule has 0 aromatic carbocycles. The summed E-state index contributed by atoms with van der Waals surface area (Å²) in [6.07, 6.45) is 4.95. The van der Waals surface area contributed by atoms with Gasteiger partial charge < -0.3 is 14.7 Å². The van der Waals surface area contributed by atoms with Crippen molar-refractivity contribution >= 4 is 24.6 Å². The molecule has 0 spiro atoms. The summed E-state index contributed by atoms with van der Waals surface area (Å²) in [5.41, 5.74) is 0. The molecule has 9 heteroatoms. The minimum absolute atomic E-state index is 0.211. The summed E-state index contributed by atoms with van der Waals surface area (Å²) in [4.78, 5) is 7.98. The van der Waals surface area contributed by atoms with Crippen LogP contribution in [0.15, 0.2) is 11.4 Å². The van der Waals surface area contributed by atoms with Crippen molar-refractivity contribution in [1.29, 1.82) is 0 Å². The molecule has 0 amide bonds. The number of alkyl halides is 1. The van der Waals surface area contributed by atoms with Crippen LogP contribution in [0.1, 0.15) is 19.3 Å². The van der Waals surface area contributed by atoms with Crippen molar-refractivity contribution in [2.45, 2.75) is 55.5 Å². The molecule has 0 saturated carbocycles. The first-order valence-electron chi connectivity index (χ1n) is 7.59. The lowest BCUT2D eigenvalue weighted by Crippen LogP contribution is -2.60. The number of fused-ring (bicyclic) bond motifs is 2. The first kappa shape index (κ1) is 16.0. The summed E-state index contributed by atoms with van der Waals surface area (Å²) in [6.45, 7) is 1.72. The number of anilines is 1. The minimum atomic E-state index is -1.01. The fourth-order valence-corrected chi connectivity index (χ4v) is 4.08. The normalized spacial score (nSPS) is 31.3. The molecule has 3 rings (SSSR count). The van der Waals surface area contributed by atoms with E-state index in [-0.39, 0.29) is 18.1 Å². The average molecular weight is 325 g/mol. The molecule has 1 N–H and O–H groups in total. The molecule has 4 atom stereocenters. The van der Waals surface area contributed by atoms with Gasteiger partial charge in [0.05, 0.1) is 12.2 Å². The van der Waals surface area contributed by atoms with Gasteiger partial charge in [0.1, 0.15) is 6.17 Å². The van der Waals surface area contributed by atoms with Gasteiger partial charge in [-0.1, -0.05) is 11.8 Å². The minimum Gasteiger partial charge on any atom is -0.437 e. The van der Waals surface area contributed by atoms with Gasteiger partial charge in [-0.2, -0.15) is 0 Å². The zero-order chi connectivity index (χ0) is 15.9. The fourth-order valence-electron chi connectivity index (χ4n) is 3.80. The first-order valence-corrected chi connectivity index (χ1v) is 8.81. The van der Waals surface area contributed by atoms with Crippen molar-refractivity contribution in [3.8, 4) is 0 Å². The van der Waals surface area contributed by atoms with Crippen LogP contribution in [0.2, 0.25) is 6.82 Å². The predicted molar refractivity (Wildman–Crippen MR) is 85.8 cm³/mol. The van der Waals surface area contributed by atoms with Crippen LogP contribution in [-0.4, -0.2) is 69.7 Å². The van der Waals surface area contributed by atoms with E-state index in [4.69, 9.17) is 0 Å². The summed E-state index contributed by atoms with van der Waals surface area (Å²) >= 11 is 1.43. The Labute approximate surface area is 134 Å². The van der Waals surface area contributed by atoms with Crippen LogP contribution in [-0.2, 0) is 0 Å². The van der Waals surface area contributed by atoms with Gasteiger partial charge in [-0.15, -0.1) is 10.2 Å². The Morgan fingerprint density at radius 1 is 1.45 bits per heavy atom. The fraction of sp³-hybridized carbons (Fsp3) is 0.769. The lowest BCUT2D eigenvalue weighted by Gasteiger charge is -2.45. The molecular formula is C13H21BFN5OS. The van der Waals surface area contributed by atoms with Crippen LogP contribution in [0, 0.1) is 0 Å². The van der Waals surface area contributed by atoms with Crippen LogP contribution in [0.3, 0.4) is 0 Å². The highest BCUT2D eigenvalue weighted by Gasteiger charge is 2.51. The standard InChI is InChI=1S/C13H21BFN5OS/c1-14(21)20-8-4-5-9(20)12(15)10(6-8)19(2)11-7-16-13(22-3)18-17-11/h7-10,12,21H,4-6H2,1-3H3/t8?,9?,10-,12+/m0/s1. The lowest BCUT2D eigenvalue weighted by atomic mass is 9.78. The molecule has 2 unspecified atom stereocenters. The Balaban J connectivity index is 1.77. The van der Waals surface area contributed by atoms with Crippen molar-refractivity contribution < 1.29 is 9.41 Å². The van der Waals surface area contributed by atoms with Crippen LogP contribution in [0.25, 0.3) is 0 Å². The highest BCUT2D eigenvalue weighted by Crippen LogP contribution is 2.40. The van der Waals surface area contributed by atoms with Gasteiger partial charge in [0.2, 0.25) is 5.16 Å². The first-order chi connectivity index (χ1) is 10.5. The van der Waals surface area contributed by atoms with Gasteiger partial charge in [-0.25, -0.2) is 9.37 Å². The Hall–Kier alpha value is -0.925. The van der Waals surface area contributed by atoms with Gasteiger partial charge in [0, 0.05) is 19.1 Å². The zero-order valence-electron chi connectivity index (χ0n) is 13.1. The van der Waals surface area contributed by atoms with Gasteiger partial charge in [-0.3, -0.25) is 0 Å². The molecule has 1 aromatic heterocycles. The molecule has 2 fully saturated rings. The molecule has 2 aliphatic heterocycles. The second kappa shape index (κ2) is 6.29. The van der Waals surface area contributed by atoms with E-state index in [1.807, 2.05) is 23.0 Å². The number of nitrogens with zero attached hydrogens (tertiary/aromatic N) is 5. The third kappa shape index (κ3) is 2.70. The van der Waals surface area contributed by atoms with Gasteiger partial charge in [-0.05, 0) is 32.3 Å². The maximum Gasteiger partial charge on any atom is 0.376 e. The molecule has 6 nitrogen and oxygen atoms in total. The van der Waals surface area contributed by atoms with Crippen molar-refractivity contribution in [2.24, 2.45) is 0 Å². The molecule has 2 aliphatic rings. The Morgan fingerprint density at radius 3 is 2.82 bits per heavy atom. The van der Waals surface area contributed by atoms with E-state index in [1.165, 1.54) is 11.8 Å². The quantitative estimate of drug-likeness (QED) is 0.656. The number of aromatic nitrogens is 3. The molecule has 2 bridgehead atoms. The molecule has 1 aromatic rings. The third-order valence-electron chi connectivity index (χ3n) is 4.85. The largest absolute Gasteiger partial charge is 0.437 e. The third-order valence-corrected chi connectivity index (χ3v) is 5.40. The van der Waals surface area contributed by atoms with Gasteiger partial charge >= 0.3 is 7.05 Å². The maximum absolute atomic E-state index is 15.0. The molecule has 0 aliphatic carbocycles. The monoisotopic (exact) mass is 325 g/mol. The van der Waals surface area contributed by atoms with Crippen LogP contribution in [0.5, 0.6) is 0 Å². The molecule has 2 saturated heterocycles. The summed E-state index contributed by atoms with van der Waals surface area (Å²) in [5.74, 6) is 0.593. The van der Waals surface area contributed by atoms with E-state index >= 15 is 0 Å². The van der Waals surface area contributed by atoms with Gasteiger partial charge in [0.15, 0.2) is 5.82 Å². The molecule has 120 valence electrons. The highest BCUT2D eigenvalue weighted by molar-refractivity contribution is 7.98.